The highest BCUT2D eigenvalue weighted by atomic mass is 16.5. The van der Waals surface area contributed by atoms with Crippen molar-refractivity contribution in [2.45, 2.75) is 26.5 Å². The Bertz CT molecular complexity index is 954. The van der Waals surface area contributed by atoms with Gasteiger partial charge in [0.05, 0.1) is 22.7 Å². The van der Waals surface area contributed by atoms with Gasteiger partial charge in [-0.2, -0.15) is 5.26 Å². The zero-order chi connectivity index (χ0) is 18.5. The third-order valence-electron chi connectivity index (χ3n) is 4.15. The highest BCUT2D eigenvalue weighted by molar-refractivity contribution is 5.80. The van der Waals surface area contributed by atoms with Crippen molar-refractivity contribution >= 4 is 16.9 Å². The maximum Gasteiger partial charge on any atom is 0.260 e. The maximum atomic E-state index is 12.2. The number of carbonyl (C=O) groups is 1. The topological polar surface area (TPSA) is 79.9 Å². The van der Waals surface area contributed by atoms with Crippen LogP contribution >= 0.6 is 0 Å². The van der Waals surface area contributed by atoms with E-state index in [1.54, 1.807) is 31.2 Å². The number of fused-ring (bicyclic) bond motifs is 1. The smallest absolute Gasteiger partial charge is 0.260 e. The van der Waals surface area contributed by atoms with Crippen LogP contribution < -0.4 is 10.1 Å². The first-order valence-electron chi connectivity index (χ1n) is 8.45. The molecule has 132 valence electrons. The van der Waals surface area contributed by atoms with E-state index in [2.05, 4.69) is 14.9 Å². The monoisotopic (exact) mass is 348 g/mol. The molecule has 1 heterocycles. The average molecular weight is 348 g/mol. The Balaban J connectivity index is 1.54. The summed E-state index contributed by atoms with van der Waals surface area (Å²) in [5.74, 6) is 1.29. The maximum absolute atomic E-state index is 12.2. The molecule has 0 aliphatic carbocycles. The minimum atomic E-state index is -0.622. The summed E-state index contributed by atoms with van der Waals surface area (Å²) in [6, 6.07) is 16.7. The van der Waals surface area contributed by atoms with Crippen molar-refractivity contribution < 1.29 is 9.53 Å². The zero-order valence-electron chi connectivity index (χ0n) is 14.8. The van der Waals surface area contributed by atoms with Gasteiger partial charge in [0, 0.05) is 13.1 Å². The highest BCUT2D eigenvalue weighted by Gasteiger charge is 2.14. The van der Waals surface area contributed by atoms with E-state index >= 15 is 0 Å². The standard InChI is InChI=1S/C20H20N4O2/c1-14(26-17-9-7-16(13-21)8-10-17)20(25)22-11-12-24-15(2)23-18-5-3-4-6-19(18)24/h3-10,14H,11-12H2,1-2H3,(H,22,25)/t14-/m1/s1. The van der Waals surface area contributed by atoms with Crippen LogP contribution in [0, 0.1) is 18.3 Å². The quantitative estimate of drug-likeness (QED) is 0.743. The van der Waals surface area contributed by atoms with Crippen molar-refractivity contribution in [3.63, 3.8) is 0 Å². The summed E-state index contributed by atoms with van der Waals surface area (Å²) in [6.45, 7) is 4.78. The Hall–Kier alpha value is -3.33. The molecule has 0 aliphatic heterocycles. The number of hydrogen-bond donors (Lipinski definition) is 1. The first-order chi connectivity index (χ1) is 12.6. The van der Waals surface area contributed by atoms with E-state index in [1.807, 2.05) is 37.3 Å². The van der Waals surface area contributed by atoms with Gasteiger partial charge in [-0.25, -0.2) is 4.98 Å². The minimum Gasteiger partial charge on any atom is -0.481 e. The zero-order valence-corrected chi connectivity index (χ0v) is 14.8. The lowest BCUT2D eigenvalue weighted by molar-refractivity contribution is -0.127. The molecule has 3 rings (SSSR count). The first-order valence-corrected chi connectivity index (χ1v) is 8.45. The van der Waals surface area contributed by atoms with E-state index in [0.29, 0.717) is 24.4 Å². The predicted octanol–water partition coefficient (Wildman–Crippen LogP) is 2.80. The number of imidazole rings is 1. The number of nitrogens with one attached hydrogen (secondary N) is 1. The summed E-state index contributed by atoms with van der Waals surface area (Å²) in [4.78, 5) is 16.8. The first kappa shape index (κ1) is 17.5. The van der Waals surface area contributed by atoms with Crippen molar-refractivity contribution in [2.75, 3.05) is 6.54 Å². The van der Waals surface area contributed by atoms with Crippen molar-refractivity contribution in [1.82, 2.24) is 14.9 Å². The minimum absolute atomic E-state index is 0.184. The van der Waals surface area contributed by atoms with Crippen LogP contribution in [0.1, 0.15) is 18.3 Å². The van der Waals surface area contributed by atoms with Crippen LogP contribution in [0.5, 0.6) is 5.75 Å². The van der Waals surface area contributed by atoms with Crippen LogP contribution in [0.15, 0.2) is 48.5 Å². The SMILES string of the molecule is Cc1nc2ccccc2n1CCNC(=O)[C@@H](C)Oc1ccc(C#N)cc1. The molecule has 0 unspecified atom stereocenters. The number of ether oxygens (including phenoxy) is 1. The molecule has 0 bridgehead atoms. The lowest BCUT2D eigenvalue weighted by Gasteiger charge is -2.15. The number of para-hydroxylation sites is 2. The van der Waals surface area contributed by atoms with Gasteiger partial charge in [0.15, 0.2) is 6.10 Å². The molecule has 6 nitrogen and oxygen atoms in total. The Labute approximate surface area is 152 Å². The number of rotatable bonds is 6. The second-order valence-corrected chi connectivity index (χ2v) is 5.99. The molecular formula is C20H20N4O2. The van der Waals surface area contributed by atoms with E-state index in [1.165, 1.54) is 0 Å². The van der Waals surface area contributed by atoms with E-state index in [-0.39, 0.29) is 5.91 Å². The van der Waals surface area contributed by atoms with Gasteiger partial charge in [-0.3, -0.25) is 4.79 Å². The largest absolute Gasteiger partial charge is 0.481 e. The molecule has 6 heteroatoms. The molecule has 0 aliphatic rings. The third kappa shape index (κ3) is 3.83. The molecule has 0 spiro atoms. The third-order valence-corrected chi connectivity index (χ3v) is 4.15. The molecule has 3 aromatic rings. The van der Waals surface area contributed by atoms with Gasteiger partial charge >= 0.3 is 0 Å². The number of nitrogens with zero attached hydrogens (tertiary/aromatic N) is 3. The molecule has 1 atom stereocenters. The van der Waals surface area contributed by atoms with Crippen LogP contribution in [-0.4, -0.2) is 28.1 Å². The van der Waals surface area contributed by atoms with Crippen molar-refractivity contribution in [1.29, 1.82) is 5.26 Å². The van der Waals surface area contributed by atoms with Crippen molar-refractivity contribution in [3.8, 4) is 11.8 Å². The number of benzene rings is 2. The average Bonchev–Trinajstić information content (AvgIpc) is 2.97. The molecule has 0 fully saturated rings. The van der Waals surface area contributed by atoms with Crippen molar-refractivity contribution in [3.05, 3.63) is 59.9 Å². The molecular weight excluding hydrogens is 328 g/mol. The molecule has 0 saturated heterocycles. The number of aryl methyl sites for hydroxylation is 1. The van der Waals surface area contributed by atoms with Gasteiger partial charge in [-0.15, -0.1) is 0 Å². The van der Waals surface area contributed by atoms with Crippen LogP contribution in [0.25, 0.3) is 11.0 Å². The Morgan fingerprint density at radius 1 is 1.27 bits per heavy atom. The number of aromatic nitrogens is 2. The number of carbonyl (C=O) groups excluding carboxylic acids is 1. The van der Waals surface area contributed by atoms with E-state index in [9.17, 15) is 4.79 Å². The predicted molar refractivity (Wildman–Crippen MR) is 98.7 cm³/mol. The Morgan fingerprint density at radius 2 is 2.00 bits per heavy atom. The fourth-order valence-corrected chi connectivity index (χ4v) is 2.78. The normalized spacial score (nSPS) is 11.7. The van der Waals surface area contributed by atoms with E-state index in [4.69, 9.17) is 10.00 Å². The summed E-state index contributed by atoms with van der Waals surface area (Å²) in [5.41, 5.74) is 2.56. The number of hydrogen-bond acceptors (Lipinski definition) is 4. The summed E-state index contributed by atoms with van der Waals surface area (Å²) in [6.07, 6.45) is -0.622. The number of nitriles is 1. The Morgan fingerprint density at radius 3 is 2.73 bits per heavy atom. The summed E-state index contributed by atoms with van der Waals surface area (Å²) in [7, 11) is 0. The molecule has 2 aromatic carbocycles. The van der Waals surface area contributed by atoms with E-state index in [0.717, 1.165) is 16.9 Å². The van der Waals surface area contributed by atoms with Crippen LogP contribution in [0.4, 0.5) is 0 Å². The van der Waals surface area contributed by atoms with Crippen LogP contribution in [0.3, 0.4) is 0 Å². The van der Waals surface area contributed by atoms with E-state index < -0.39 is 6.10 Å². The highest BCUT2D eigenvalue weighted by Crippen LogP contribution is 2.15. The van der Waals surface area contributed by atoms with Crippen LogP contribution in [0.2, 0.25) is 0 Å². The number of amides is 1. The summed E-state index contributed by atoms with van der Waals surface area (Å²) in [5, 5.41) is 11.7. The fourth-order valence-electron chi connectivity index (χ4n) is 2.78. The molecule has 1 aromatic heterocycles. The second-order valence-electron chi connectivity index (χ2n) is 5.99. The van der Waals surface area contributed by atoms with Gasteiger partial charge in [0.1, 0.15) is 11.6 Å². The second kappa shape index (κ2) is 7.70. The molecule has 26 heavy (non-hydrogen) atoms. The summed E-state index contributed by atoms with van der Waals surface area (Å²) < 4.78 is 7.70. The summed E-state index contributed by atoms with van der Waals surface area (Å²) >= 11 is 0. The fraction of sp³-hybridized carbons (Fsp3) is 0.250. The molecule has 0 radical (unpaired) electrons. The van der Waals surface area contributed by atoms with Crippen molar-refractivity contribution in [2.24, 2.45) is 0 Å². The molecule has 1 amide bonds. The van der Waals surface area contributed by atoms with Gasteiger partial charge in [-0.1, -0.05) is 12.1 Å². The van der Waals surface area contributed by atoms with Gasteiger partial charge in [0.25, 0.3) is 5.91 Å². The lowest BCUT2D eigenvalue weighted by Crippen LogP contribution is -2.38. The molecule has 1 N–H and O–H groups in total. The molecule has 0 saturated carbocycles. The van der Waals surface area contributed by atoms with Crippen LogP contribution in [-0.2, 0) is 11.3 Å². The Kier molecular flexibility index (Phi) is 5.18. The van der Waals surface area contributed by atoms with Gasteiger partial charge < -0.3 is 14.6 Å². The van der Waals surface area contributed by atoms with Gasteiger partial charge in [-0.05, 0) is 50.2 Å². The van der Waals surface area contributed by atoms with Gasteiger partial charge in [0.2, 0.25) is 0 Å². The lowest BCUT2D eigenvalue weighted by atomic mass is 10.2.